The fourth-order valence-corrected chi connectivity index (χ4v) is 1.91. The summed E-state index contributed by atoms with van der Waals surface area (Å²) in [5, 5.41) is 2.73. The Labute approximate surface area is 108 Å². The highest BCUT2D eigenvalue weighted by Gasteiger charge is 2.30. The van der Waals surface area contributed by atoms with Crippen LogP contribution in [0.2, 0.25) is 0 Å². The van der Waals surface area contributed by atoms with Crippen LogP contribution < -0.4 is 5.32 Å². The zero-order valence-corrected chi connectivity index (χ0v) is 10.2. The minimum absolute atomic E-state index is 0.0539. The van der Waals surface area contributed by atoms with E-state index in [1.54, 1.807) is 4.90 Å². The molecule has 0 bridgehead atoms. The number of hydrogen-bond donors (Lipinski definition) is 1. The second kappa shape index (κ2) is 5.46. The molecule has 1 aliphatic heterocycles. The summed E-state index contributed by atoms with van der Waals surface area (Å²) in [6, 6.07) is 2.16. The lowest BCUT2D eigenvalue weighted by atomic mass is 10.3. The van der Waals surface area contributed by atoms with Crippen molar-refractivity contribution in [3.8, 4) is 0 Å². The van der Waals surface area contributed by atoms with Gasteiger partial charge in [-0.3, -0.25) is 4.79 Å². The zero-order chi connectivity index (χ0) is 13.9. The fraction of sp³-hybridized carbons (Fsp3) is 0.500. The third-order valence-corrected chi connectivity index (χ3v) is 2.97. The van der Waals surface area contributed by atoms with Gasteiger partial charge in [0.2, 0.25) is 5.91 Å². The molecule has 0 aliphatic carbocycles. The summed E-state index contributed by atoms with van der Waals surface area (Å²) in [6.07, 6.45) is -1.63. The third kappa shape index (κ3) is 3.59. The molecule has 0 aromatic carbocycles. The van der Waals surface area contributed by atoms with Gasteiger partial charge in [0.1, 0.15) is 5.82 Å². The number of rotatable bonds is 3. The van der Waals surface area contributed by atoms with Crippen molar-refractivity contribution in [3.63, 3.8) is 0 Å². The molecule has 0 radical (unpaired) electrons. The van der Waals surface area contributed by atoms with Crippen LogP contribution in [0.3, 0.4) is 0 Å². The van der Waals surface area contributed by atoms with Gasteiger partial charge >= 0.3 is 6.18 Å². The van der Waals surface area contributed by atoms with E-state index >= 15 is 0 Å². The second-order valence-corrected chi connectivity index (χ2v) is 4.37. The Bertz CT molecular complexity index is 439. The van der Waals surface area contributed by atoms with Gasteiger partial charge in [-0.1, -0.05) is 0 Å². The highest BCUT2D eigenvalue weighted by atomic mass is 19.4. The lowest BCUT2D eigenvalue weighted by Gasteiger charge is -2.15. The van der Waals surface area contributed by atoms with Gasteiger partial charge in [-0.2, -0.15) is 13.2 Å². The van der Waals surface area contributed by atoms with Crippen LogP contribution in [-0.2, 0) is 11.0 Å². The number of aromatic nitrogens is 1. The van der Waals surface area contributed by atoms with E-state index in [4.69, 9.17) is 0 Å². The number of alkyl halides is 3. The van der Waals surface area contributed by atoms with Crippen molar-refractivity contribution in [2.75, 3.05) is 25.0 Å². The molecule has 1 amide bonds. The van der Waals surface area contributed by atoms with Crippen LogP contribution in [-0.4, -0.2) is 35.4 Å². The molecule has 0 spiro atoms. The minimum Gasteiger partial charge on any atom is -0.361 e. The van der Waals surface area contributed by atoms with Gasteiger partial charge in [-0.15, -0.1) is 0 Å². The van der Waals surface area contributed by atoms with Gasteiger partial charge < -0.3 is 10.2 Å². The summed E-state index contributed by atoms with van der Waals surface area (Å²) in [4.78, 5) is 17.1. The Hall–Kier alpha value is -1.79. The highest BCUT2D eigenvalue weighted by Crippen LogP contribution is 2.28. The van der Waals surface area contributed by atoms with Crippen molar-refractivity contribution in [3.05, 3.63) is 23.9 Å². The van der Waals surface area contributed by atoms with Gasteiger partial charge in [0.15, 0.2) is 0 Å². The third-order valence-electron chi connectivity index (χ3n) is 2.97. The number of hydrogen-bond acceptors (Lipinski definition) is 3. The number of pyridine rings is 1. The zero-order valence-electron chi connectivity index (χ0n) is 10.2. The molecule has 1 aromatic heterocycles. The van der Waals surface area contributed by atoms with Crippen LogP contribution in [0, 0.1) is 0 Å². The van der Waals surface area contributed by atoms with Crippen LogP contribution in [0.15, 0.2) is 18.3 Å². The average molecular weight is 273 g/mol. The second-order valence-electron chi connectivity index (χ2n) is 4.37. The number of anilines is 1. The van der Waals surface area contributed by atoms with E-state index in [9.17, 15) is 18.0 Å². The first-order valence-electron chi connectivity index (χ1n) is 6.02. The van der Waals surface area contributed by atoms with Crippen molar-refractivity contribution < 1.29 is 18.0 Å². The number of amides is 1. The van der Waals surface area contributed by atoms with Gasteiger partial charge in [-0.05, 0) is 25.0 Å². The fourth-order valence-electron chi connectivity index (χ4n) is 1.91. The number of nitrogens with one attached hydrogen (secondary N) is 1. The Kier molecular flexibility index (Phi) is 3.92. The van der Waals surface area contributed by atoms with Crippen LogP contribution in [0.1, 0.15) is 18.4 Å². The van der Waals surface area contributed by atoms with Crippen molar-refractivity contribution in [1.82, 2.24) is 9.88 Å². The molecule has 2 heterocycles. The first-order chi connectivity index (χ1) is 8.97. The van der Waals surface area contributed by atoms with E-state index in [2.05, 4.69) is 10.3 Å². The summed E-state index contributed by atoms with van der Waals surface area (Å²) in [7, 11) is 0. The molecule has 1 aromatic rings. The lowest BCUT2D eigenvalue weighted by Crippen LogP contribution is -2.33. The van der Waals surface area contributed by atoms with Gasteiger partial charge in [0.25, 0.3) is 0 Å². The van der Waals surface area contributed by atoms with Gasteiger partial charge in [0, 0.05) is 19.3 Å². The monoisotopic (exact) mass is 273 g/mol. The maximum absolute atomic E-state index is 12.3. The molecule has 1 aliphatic rings. The molecule has 4 nitrogen and oxygen atoms in total. The molecule has 1 N–H and O–H groups in total. The SMILES string of the molecule is O=C(CNc1ccc(C(F)(F)F)cn1)N1CCCC1. The van der Waals surface area contributed by atoms with Crippen LogP contribution >= 0.6 is 0 Å². The number of nitrogens with zero attached hydrogens (tertiary/aromatic N) is 2. The van der Waals surface area contributed by atoms with E-state index in [0.717, 1.165) is 38.2 Å². The van der Waals surface area contributed by atoms with E-state index in [-0.39, 0.29) is 18.3 Å². The maximum Gasteiger partial charge on any atom is 0.417 e. The number of likely N-dealkylation sites (tertiary alicyclic amines) is 1. The summed E-state index contributed by atoms with van der Waals surface area (Å²) in [6.45, 7) is 1.56. The minimum atomic E-state index is -4.39. The largest absolute Gasteiger partial charge is 0.417 e. The summed E-state index contributed by atoms with van der Waals surface area (Å²) in [5.41, 5.74) is -0.802. The quantitative estimate of drug-likeness (QED) is 0.917. The Balaban J connectivity index is 1.87. The first kappa shape index (κ1) is 13.6. The molecular formula is C12H14F3N3O. The topological polar surface area (TPSA) is 45.2 Å². The molecule has 1 saturated heterocycles. The number of carbonyl (C=O) groups excluding carboxylic acids is 1. The Morgan fingerprint density at radius 3 is 2.53 bits per heavy atom. The predicted octanol–water partition coefficient (Wildman–Crippen LogP) is 2.13. The summed E-state index contributed by atoms with van der Waals surface area (Å²) >= 11 is 0. The van der Waals surface area contributed by atoms with Crippen LogP contribution in [0.5, 0.6) is 0 Å². The van der Waals surface area contributed by atoms with E-state index in [1.807, 2.05) is 0 Å². The van der Waals surface area contributed by atoms with Crippen LogP contribution in [0.25, 0.3) is 0 Å². The molecular weight excluding hydrogens is 259 g/mol. The van der Waals surface area contributed by atoms with Gasteiger partial charge in [-0.25, -0.2) is 4.98 Å². The number of halogens is 3. The van der Waals surface area contributed by atoms with Crippen molar-refractivity contribution in [2.24, 2.45) is 0 Å². The molecule has 0 unspecified atom stereocenters. The molecule has 1 fully saturated rings. The van der Waals surface area contributed by atoms with Crippen LogP contribution in [0.4, 0.5) is 19.0 Å². The summed E-state index contributed by atoms with van der Waals surface area (Å²) in [5.74, 6) is 0.208. The Morgan fingerprint density at radius 1 is 1.32 bits per heavy atom. The first-order valence-corrected chi connectivity index (χ1v) is 6.02. The van der Waals surface area contributed by atoms with E-state index in [0.29, 0.717) is 0 Å². The maximum atomic E-state index is 12.3. The molecule has 0 atom stereocenters. The van der Waals surface area contributed by atoms with Crippen molar-refractivity contribution >= 4 is 11.7 Å². The predicted molar refractivity (Wildman–Crippen MR) is 63.5 cm³/mol. The highest BCUT2D eigenvalue weighted by molar-refractivity contribution is 5.80. The van der Waals surface area contributed by atoms with E-state index in [1.165, 1.54) is 6.07 Å². The van der Waals surface area contributed by atoms with Gasteiger partial charge in [0.05, 0.1) is 12.1 Å². The van der Waals surface area contributed by atoms with Crippen molar-refractivity contribution in [2.45, 2.75) is 19.0 Å². The standard InChI is InChI=1S/C12H14F3N3O/c13-12(14,15)9-3-4-10(16-7-9)17-8-11(19)18-5-1-2-6-18/h3-4,7H,1-2,5-6,8H2,(H,16,17). The number of carbonyl (C=O) groups is 1. The van der Waals surface area contributed by atoms with Crippen molar-refractivity contribution in [1.29, 1.82) is 0 Å². The molecule has 0 saturated carbocycles. The Morgan fingerprint density at radius 2 is 2.00 bits per heavy atom. The molecule has 104 valence electrons. The summed E-state index contributed by atoms with van der Waals surface area (Å²) < 4.78 is 37.0. The average Bonchev–Trinajstić information content (AvgIpc) is 2.89. The molecule has 19 heavy (non-hydrogen) atoms. The molecule has 2 rings (SSSR count). The smallest absolute Gasteiger partial charge is 0.361 e. The molecule has 7 heteroatoms. The normalized spacial score (nSPS) is 15.6. The van der Waals surface area contributed by atoms with E-state index < -0.39 is 11.7 Å². The lowest BCUT2D eigenvalue weighted by molar-refractivity contribution is -0.137.